The van der Waals surface area contributed by atoms with Gasteiger partial charge in [0.1, 0.15) is 0 Å². The highest BCUT2D eigenvalue weighted by atomic mass is 35.5. The highest BCUT2D eigenvalue weighted by molar-refractivity contribution is 6.24. The fourth-order valence-corrected chi connectivity index (χ4v) is 2.41. The maximum atomic E-state index is 11.8. The van der Waals surface area contributed by atoms with E-state index in [-0.39, 0.29) is 11.3 Å². The fraction of sp³-hybridized carbons (Fsp3) is 0.308. The van der Waals surface area contributed by atoms with Crippen LogP contribution in [0, 0.1) is 6.92 Å². The first-order chi connectivity index (χ1) is 9.13. The zero-order valence-corrected chi connectivity index (χ0v) is 11.1. The number of hydrogen-bond donors (Lipinski definition) is 0. The second-order valence-electron chi connectivity index (χ2n) is 4.49. The zero-order chi connectivity index (χ0) is 13.4. The molecule has 1 aliphatic rings. The van der Waals surface area contributed by atoms with Gasteiger partial charge in [0.25, 0.3) is 0 Å². The second-order valence-corrected chi connectivity index (χ2v) is 5.11. The molecule has 0 N–H and O–H groups in total. The quantitative estimate of drug-likeness (QED) is 0.791. The summed E-state index contributed by atoms with van der Waals surface area (Å²) in [5.74, 6) is 1.08. The molecule has 1 aromatic carbocycles. The van der Waals surface area contributed by atoms with Crippen molar-refractivity contribution in [3.63, 3.8) is 0 Å². The van der Waals surface area contributed by atoms with Crippen LogP contribution in [0.2, 0.25) is 0 Å². The first-order valence-corrected chi connectivity index (χ1v) is 6.42. The van der Waals surface area contributed by atoms with Crippen LogP contribution in [0.25, 0.3) is 11.4 Å². The van der Waals surface area contributed by atoms with Crippen LogP contribution in [0.3, 0.4) is 0 Å². The molecule has 1 aromatic heterocycles. The molecule has 98 valence electrons. The Morgan fingerprint density at radius 3 is 2.95 bits per heavy atom. The fourth-order valence-electron chi connectivity index (χ4n) is 2.14. The number of aromatic nitrogens is 2. The summed E-state index contributed by atoms with van der Waals surface area (Å²) in [6, 6.07) is 7.50. The number of carbonyl (C=O) groups is 1. The van der Waals surface area contributed by atoms with Crippen LogP contribution < -0.4 is 4.90 Å². The van der Waals surface area contributed by atoms with Crippen LogP contribution in [-0.4, -0.2) is 28.0 Å². The lowest BCUT2D eigenvalue weighted by Gasteiger charge is -2.16. The highest BCUT2D eigenvalue weighted by Crippen LogP contribution is 2.27. The van der Waals surface area contributed by atoms with Crippen molar-refractivity contribution < 1.29 is 9.32 Å². The molecule has 1 amide bonds. The predicted molar refractivity (Wildman–Crippen MR) is 71.1 cm³/mol. The predicted octanol–water partition coefficient (Wildman–Crippen LogP) is 2.39. The molecule has 1 aliphatic heterocycles. The summed E-state index contributed by atoms with van der Waals surface area (Å²) in [4.78, 5) is 17.7. The summed E-state index contributed by atoms with van der Waals surface area (Å²) in [6.45, 7) is 2.28. The number of alkyl halides is 1. The third-order valence-electron chi connectivity index (χ3n) is 3.02. The summed E-state index contributed by atoms with van der Waals surface area (Å²) >= 11 is 6.01. The molecule has 0 aliphatic carbocycles. The van der Waals surface area contributed by atoms with Gasteiger partial charge in [0.2, 0.25) is 17.6 Å². The van der Waals surface area contributed by atoms with Crippen molar-refractivity contribution in [3.8, 4) is 11.4 Å². The van der Waals surface area contributed by atoms with E-state index in [2.05, 4.69) is 10.1 Å². The molecule has 0 bridgehead atoms. The van der Waals surface area contributed by atoms with Crippen molar-refractivity contribution in [2.75, 3.05) is 11.4 Å². The summed E-state index contributed by atoms with van der Waals surface area (Å²) in [7, 11) is 0. The zero-order valence-electron chi connectivity index (χ0n) is 10.3. The molecule has 1 saturated heterocycles. The molecule has 1 fully saturated rings. The molecular formula is C13H12ClN3O2. The minimum absolute atomic E-state index is 0.0430. The molecule has 0 spiro atoms. The van der Waals surface area contributed by atoms with Gasteiger partial charge in [0, 0.05) is 31.1 Å². The van der Waals surface area contributed by atoms with E-state index < -0.39 is 0 Å². The molecule has 6 heteroatoms. The summed E-state index contributed by atoms with van der Waals surface area (Å²) < 4.78 is 4.96. The maximum Gasteiger partial charge on any atom is 0.228 e. The van der Waals surface area contributed by atoms with Gasteiger partial charge in [-0.3, -0.25) is 4.79 Å². The number of carbonyl (C=O) groups excluding carboxylic acids is 1. The number of aryl methyl sites for hydroxylation is 1. The van der Waals surface area contributed by atoms with Crippen molar-refractivity contribution in [2.24, 2.45) is 0 Å². The van der Waals surface area contributed by atoms with Gasteiger partial charge in [0.05, 0.1) is 5.38 Å². The molecule has 2 heterocycles. The molecular weight excluding hydrogens is 266 g/mol. The average Bonchev–Trinajstić information content (AvgIpc) is 2.96. The van der Waals surface area contributed by atoms with Gasteiger partial charge in [0.15, 0.2) is 0 Å². The lowest BCUT2D eigenvalue weighted by molar-refractivity contribution is -0.117. The van der Waals surface area contributed by atoms with Crippen LogP contribution in [0.15, 0.2) is 28.8 Å². The Bertz CT molecular complexity index is 626. The third-order valence-corrected chi connectivity index (χ3v) is 3.31. The standard InChI is InChI=1S/C13H12ClN3O2/c1-8-15-13(16-19-8)9-3-2-4-11(5-9)17-7-10(14)6-12(17)18/h2-5,10H,6-7H2,1H3. The van der Waals surface area contributed by atoms with Gasteiger partial charge in [-0.05, 0) is 12.1 Å². The molecule has 5 nitrogen and oxygen atoms in total. The number of amides is 1. The summed E-state index contributed by atoms with van der Waals surface area (Å²) in [5, 5.41) is 3.75. The van der Waals surface area contributed by atoms with Crippen LogP contribution in [0.5, 0.6) is 0 Å². The molecule has 2 aromatic rings. The largest absolute Gasteiger partial charge is 0.339 e. The third kappa shape index (κ3) is 2.33. The Hall–Kier alpha value is -1.88. The number of halogens is 1. The van der Waals surface area contributed by atoms with Gasteiger partial charge < -0.3 is 9.42 Å². The van der Waals surface area contributed by atoms with Crippen LogP contribution in [-0.2, 0) is 4.79 Å². The molecule has 1 unspecified atom stereocenters. The minimum atomic E-state index is -0.122. The lowest BCUT2D eigenvalue weighted by atomic mass is 10.2. The number of rotatable bonds is 2. The van der Waals surface area contributed by atoms with Gasteiger partial charge in [-0.2, -0.15) is 4.98 Å². The minimum Gasteiger partial charge on any atom is -0.339 e. The first-order valence-electron chi connectivity index (χ1n) is 5.98. The smallest absolute Gasteiger partial charge is 0.228 e. The monoisotopic (exact) mass is 277 g/mol. The number of hydrogen-bond acceptors (Lipinski definition) is 4. The van der Waals surface area contributed by atoms with Crippen LogP contribution >= 0.6 is 11.6 Å². The van der Waals surface area contributed by atoms with Crippen LogP contribution in [0.1, 0.15) is 12.3 Å². The second kappa shape index (κ2) is 4.66. The number of benzene rings is 1. The van der Waals surface area contributed by atoms with Gasteiger partial charge in [-0.25, -0.2) is 0 Å². The number of nitrogens with zero attached hydrogens (tertiary/aromatic N) is 3. The Kier molecular flexibility index (Phi) is 2.98. The topological polar surface area (TPSA) is 59.2 Å². The summed E-state index contributed by atoms with van der Waals surface area (Å²) in [6.07, 6.45) is 0.382. The van der Waals surface area contributed by atoms with E-state index in [4.69, 9.17) is 16.1 Å². The Balaban J connectivity index is 1.94. The Morgan fingerprint density at radius 1 is 1.47 bits per heavy atom. The molecule has 1 atom stereocenters. The van der Waals surface area contributed by atoms with Gasteiger partial charge in [-0.15, -0.1) is 11.6 Å². The van der Waals surface area contributed by atoms with E-state index in [0.29, 0.717) is 24.7 Å². The van der Waals surface area contributed by atoms with E-state index in [1.165, 1.54) is 0 Å². The van der Waals surface area contributed by atoms with Crippen LogP contribution in [0.4, 0.5) is 5.69 Å². The number of anilines is 1. The first kappa shape index (κ1) is 12.2. The maximum absolute atomic E-state index is 11.8. The van der Waals surface area contributed by atoms with E-state index in [1.54, 1.807) is 11.8 Å². The molecule has 0 radical (unpaired) electrons. The van der Waals surface area contributed by atoms with Crippen molar-refractivity contribution in [3.05, 3.63) is 30.2 Å². The Morgan fingerprint density at radius 2 is 2.32 bits per heavy atom. The van der Waals surface area contributed by atoms with E-state index in [1.807, 2.05) is 24.3 Å². The van der Waals surface area contributed by atoms with Crippen molar-refractivity contribution in [1.29, 1.82) is 0 Å². The average molecular weight is 278 g/mol. The molecule has 0 saturated carbocycles. The van der Waals surface area contributed by atoms with E-state index >= 15 is 0 Å². The normalized spacial score (nSPS) is 19.2. The highest BCUT2D eigenvalue weighted by Gasteiger charge is 2.29. The van der Waals surface area contributed by atoms with Crippen molar-refractivity contribution in [1.82, 2.24) is 10.1 Å². The summed E-state index contributed by atoms with van der Waals surface area (Å²) in [5.41, 5.74) is 1.63. The SMILES string of the molecule is Cc1nc(-c2cccc(N3CC(Cl)CC3=O)c2)no1. The lowest BCUT2D eigenvalue weighted by Crippen LogP contribution is -2.24. The van der Waals surface area contributed by atoms with Crippen molar-refractivity contribution >= 4 is 23.2 Å². The van der Waals surface area contributed by atoms with Crippen molar-refractivity contribution in [2.45, 2.75) is 18.7 Å². The molecule has 19 heavy (non-hydrogen) atoms. The van der Waals surface area contributed by atoms with Gasteiger partial charge in [-0.1, -0.05) is 17.3 Å². The Labute approximate surface area is 115 Å². The van der Waals surface area contributed by atoms with E-state index in [0.717, 1.165) is 11.3 Å². The van der Waals surface area contributed by atoms with Gasteiger partial charge >= 0.3 is 0 Å². The van der Waals surface area contributed by atoms with E-state index in [9.17, 15) is 4.79 Å². The molecule has 3 rings (SSSR count).